The number of benzene rings is 2. The molecule has 0 aromatic heterocycles. The van der Waals surface area contributed by atoms with Crippen molar-refractivity contribution < 1.29 is 18.3 Å². The zero-order valence-corrected chi connectivity index (χ0v) is 14.9. The second-order valence-corrected chi connectivity index (χ2v) is 8.45. The molecular formula is C19H21NO4S. The van der Waals surface area contributed by atoms with Crippen molar-refractivity contribution in [1.29, 1.82) is 0 Å². The van der Waals surface area contributed by atoms with Crippen LogP contribution in [0.4, 0.5) is 5.69 Å². The van der Waals surface area contributed by atoms with Crippen molar-refractivity contribution in [2.75, 3.05) is 18.0 Å². The Balaban J connectivity index is 1.78. The lowest BCUT2D eigenvalue weighted by Crippen LogP contribution is -2.36. The Labute approximate surface area is 147 Å². The van der Waals surface area contributed by atoms with Crippen molar-refractivity contribution in [2.45, 2.75) is 36.7 Å². The highest BCUT2D eigenvalue weighted by Gasteiger charge is 2.33. The summed E-state index contributed by atoms with van der Waals surface area (Å²) in [7, 11) is -2.11. The molecule has 2 aromatic carbocycles. The van der Waals surface area contributed by atoms with Gasteiger partial charge in [0.15, 0.2) is 0 Å². The van der Waals surface area contributed by atoms with Crippen molar-refractivity contribution >= 4 is 15.7 Å². The Morgan fingerprint density at radius 3 is 2.72 bits per heavy atom. The van der Waals surface area contributed by atoms with Crippen molar-refractivity contribution in [1.82, 2.24) is 0 Å². The van der Waals surface area contributed by atoms with Gasteiger partial charge in [-0.2, -0.15) is 0 Å². The summed E-state index contributed by atoms with van der Waals surface area (Å²) in [5.41, 5.74) is 3.50. The smallest absolute Gasteiger partial charge is 0.264 e. The molecule has 0 bridgehead atoms. The van der Waals surface area contributed by atoms with Crippen LogP contribution in [0.3, 0.4) is 0 Å². The van der Waals surface area contributed by atoms with Crippen molar-refractivity contribution in [3.8, 4) is 5.75 Å². The molecule has 0 spiro atoms. The van der Waals surface area contributed by atoms with E-state index >= 15 is 0 Å². The van der Waals surface area contributed by atoms with E-state index < -0.39 is 16.1 Å². The monoisotopic (exact) mass is 359 g/mol. The highest BCUT2D eigenvalue weighted by Crippen LogP contribution is 2.39. The van der Waals surface area contributed by atoms with Gasteiger partial charge in [-0.3, -0.25) is 4.31 Å². The van der Waals surface area contributed by atoms with Crippen LogP contribution < -0.4 is 9.04 Å². The summed E-state index contributed by atoms with van der Waals surface area (Å²) in [5, 5.41) is 10.3. The van der Waals surface area contributed by atoms with Crippen LogP contribution in [0.1, 0.15) is 35.6 Å². The minimum atomic E-state index is -3.66. The molecule has 0 fully saturated rings. The Morgan fingerprint density at radius 2 is 1.92 bits per heavy atom. The molecule has 4 rings (SSSR count). The number of fused-ring (bicyclic) bond motifs is 2. The molecule has 25 heavy (non-hydrogen) atoms. The average Bonchev–Trinajstić information content (AvgIpc) is 3.09. The quantitative estimate of drug-likeness (QED) is 0.915. The van der Waals surface area contributed by atoms with Crippen LogP contribution in [-0.2, 0) is 22.9 Å². The molecule has 6 heteroatoms. The first-order chi connectivity index (χ1) is 12.0. The summed E-state index contributed by atoms with van der Waals surface area (Å²) < 4.78 is 33.1. The Kier molecular flexibility index (Phi) is 3.96. The fourth-order valence-corrected chi connectivity index (χ4v) is 5.31. The average molecular weight is 359 g/mol. The highest BCUT2D eigenvalue weighted by atomic mass is 32.2. The van der Waals surface area contributed by atoms with Crippen LogP contribution in [-0.4, -0.2) is 27.2 Å². The third-order valence-electron chi connectivity index (χ3n) is 5.13. The minimum absolute atomic E-state index is 0.264. The lowest BCUT2D eigenvalue weighted by Gasteiger charge is -2.33. The number of hydrogen-bond acceptors (Lipinski definition) is 4. The van der Waals surface area contributed by atoms with E-state index in [9.17, 15) is 13.5 Å². The van der Waals surface area contributed by atoms with E-state index in [1.54, 1.807) is 31.4 Å². The zero-order valence-electron chi connectivity index (χ0n) is 14.1. The Bertz CT molecular complexity index is 923. The number of aliphatic hydroxyl groups excluding tert-OH is 1. The van der Waals surface area contributed by atoms with Gasteiger partial charge in [0, 0.05) is 12.1 Å². The van der Waals surface area contributed by atoms with E-state index in [0.29, 0.717) is 28.3 Å². The molecule has 0 amide bonds. The Morgan fingerprint density at radius 1 is 1.12 bits per heavy atom. The predicted octanol–water partition coefficient (Wildman–Crippen LogP) is 2.82. The third kappa shape index (κ3) is 2.69. The van der Waals surface area contributed by atoms with E-state index in [-0.39, 0.29) is 6.54 Å². The van der Waals surface area contributed by atoms with Gasteiger partial charge in [0.1, 0.15) is 5.75 Å². The maximum Gasteiger partial charge on any atom is 0.264 e. The van der Waals surface area contributed by atoms with Crippen LogP contribution in [0, 0.1) is 0 Å². The molecule has 1 aliphatic heterocycles. The molecule has 0 saturated carbocycles. The Hall–Kier alpha value is -2.05. The first-order valence-corrected chi connectivity index (χ1v) is 9.95. The topological polar surface area (TPSA) is 66.8 Å². The van der Waals surface area contributed by atoms with Crippen molar-refractivity contribution in [3.63, 3.8) is 0 Å². The molecular weight excluding hydrogens is 338 g/mol. The minimum Gasteiger partial charge on any atom is -0.497 e. The van der Waals surface area contributed by atoms with E-state index in [1.807, 2.05) is 12.1 Å². The summed E-state index contributed by atoms with van der Waals surface area (Å²) in [5.74, 6) is 0.606. The van der Waals surface area contributed by atoms with Crippen LogP contribution in [0.5, 0.6) is 5.75 Å². The van der Waals surface area contributed by atoms with Crippen LogP contribution in [0.15, 0.2) is 41.3 Å². The lowest BCUT2D eigenvalue weighted by molar-refractivity contribution is 0.166. The number of rotatable bonds is 3. The SMILES string of the molecule is COc1ccc2c(c1)C(O)CCN2S(=O)(=O)c1ccc2c(c1)CCC2. The maximum absolute atomic E-state index is 13.2. The first-order valence-electron chi connectivity index (χ1n) is 8.51. The summed E-state index contributed by atoms with van der Waals surface area (Å²) >= 11 is 0. The van der Waals surface area contributed by atoms with Gasteiger partial charge in [0.25, 0.3) is 10.0 Å². The van der Waals surface area contributed by atoms with E-state index in [4.69, 9.17) is 4.74 Å². The molecule has 2 aliphatic rings. The fourth-order valence-electron chi connectivity index (χ4n) is 3.75. The second-order valence-electron chi connectivity index (χ2n) is 6.59. The van der Waals surface area contributed by atoms with Crippen LogP contribution in [0.25, 0.3) is 0 Å². The predicted molar refractivity (Wildman–Crippen MR) is 95.6 cm³/mol. The molecule has 5 nitrogen and oxygen atoms in total. The molecule has 1 unspecified atom stereocenters. The number of aryl methyl sites for hydroxylation is 2. The molecule has 1 atom stereocenters. The molecule has 1 heterocycles. The van der Waals surface area contributed by atoms with Gasteiger partial charge in [-0.15, -0.1) is 0 Å². The molecule has 0 radical (unpaired) electrons. The van der Waals surface area contributed by atoms with Gasteiger partial charge in [-0.25, -0.2) is 8.42 Å². The van der Waals surface area contributed by atoms with Gasteiger partial charge >= 0.3 is 0 Å². The van der Waals surface area contributed by atoms with E-state index in [1.165, 1.54) is 9.87 Å². The van der Waals surface area contributed by atoms with Crippen LogP contribution in [0.2, 0.25) is 0 Å². The van der Waals surface area contributed by atoms with E-state index in [2.05, 4.69) is 0 Å². The number of sulfonamides is 1. The summed E-state index contributed by atoms with van der Waals surface area (Å²) in [4.78, 5) is 0.325. The number of methoxy groups -OCH3 is 1. The van der Waals surface area contributed by atoms with Gasteiger partial charge < -0.3 is 9.84 Å². The summed E-state index contributed by atoms with van der Waals surface area (Å²) in [6, 6.07) is 10.6. The standard InChI is InChI=1S/C19H21NO4S/c1-24-15-6-8-18-17(12-15)19(21)9-10-20(18)25(22,23)16-7-5-13-3-2-4-14(13)11-16/h5-8,11-12,19,21H,2-4,9-10H2,1H3. The molecule has 1 N–H and O–H groups in total. The fraction of sp³-hybridized carbons (Fsp3) is 0.368. The molecule has 1 aliphatic carbocycles. The van der Waals surface area contributed by atoms with Crippen LogP contribution >= 0.6 is 0 Å². The normalized spacial score (nSPS) is 19.4. The molecule has 0 saturated heterocycles. The second kappa shape index (κ2) is 6.04. The van der Waals surface area contributed by atoms with Gasteiger partial charge in [-0.1, -0.05) is 6.07 Å². The molecule has 132 valence electrons. The zero-order chi connectivity index (χ0) is 17.6. The van der Waals surface area contributed by atoms with Gasteiger partial charge in [0.05, 0.1) is 23.8 Å². The lowest BCUT2D eigenvalue weighted by atomic mass is 10.0. The maximum atomic E-state index is 13.2. The summed E-state index contributed by atoms with van der Waals surface area (Å²) in [6.45, 7) is 0.264. The van der Waals surface area contributed by atoms with Gasteiger partial charge in [0.2, 0.25) is 0 Å². The number of nitrogens with zero attached hydrogens (tertiary/aromatic N) is 1. The number of anilines is 1. The number of aliphatic hydroxyl groups is 1. The van der Waals surface area contributed by atoms with Crippen molar-refractivity contribution in [3.05, 3.63) is 53.1 Å². The largest absolute Gasteiger partial charge is 0.497 e. The summed E-state index contributed by atoms with van der Waals surface area (Å²) in [6.07, 6.45) is 2.72. The highest BCUT2D eigenvalue weighted by molar-refractivity contribution is 7.92. The number of ether oxygens (including phenoxy) is 1. The third-order valence-corrected chi connectivity index (χ3v) is 6.94. The first kappa shape index (κ1) is 16.4. The molecule has 2 aromatic rings. The van der Waals surface area contributed by atoms with Crippen molar-refractivity contribution in [2.24, 2.45) is 0 Å². The number of hydrogen-bond donors (Lipinski definition) is 1. The van der Waals surface area contributed by atoms with E-state index in [0.717, 1.165) is 24.8 Å². The van der Waals surface area contributed by atoms with Gasteiger partial charge in [-0.05, 0) is 67.1 Å².